The predicted octanol–water partition coefficient (Wildman–Crippen LogP) is 2.70. The third-order valence-corrected chi connectivity index (χ3v) is 5.35. The van der Waals surface area contributed by atoms with Crippen molar-refractivity contribution in [2.45, 2.75) is 33.6 Å². The second-order valence-electron chi connectivity index (χ2n) is 7.31. The lowest BCUT2D eigenvalue weighted by atomic mass is 10.2. The van der Waals surface area contributed by atoms with Crippen LogP contribution in [0.15, 0.2) is 24.4 Å². The van der Waals surface area contributed by atoms with Crippen LogP contribution in [-0.4, -0.2) is 70.7 Å². The molecule has 9 nitrogen and oxygen atoms in total. The van der Waals surface area contributed by atoms with Gasteiger partial charge in [-0.2, -0.15) is 0 Å². The average molecular weight is 457 g/mol. The number of ether oxygens (including phenoxy) is 1. The van der Waals surface area contributed by atoms with Gasteiger partial charge in [-0.15, -0.1) is 0 Å². The number of benzene rings is 1. The Hall–Kier alpha value is -3.01. The molecule has 1 aliphatic heterocycles. The number of phenolic OH excluding ortho intramolecular Hbond substituents is 1. The zero-order chi connectivity index (χ0) is 24.4. The van der Waals surface area contributed by atoms with Crippen molar-refractivity contribution in [3.8, 4) is 11.4 Å². The number of phenols is 1. The molecule has 0 bridgehead atoms. The fourth-order valence-electron chi connectivity index (χ4n) is 3.74. The number of rotatable bonds is 6. The number of carbonyl (C=O) groups excluding carboxylic acids is 1. The minimum Gasteiger partial charge on any atom is -0.508 e. The molecule has 2 aromatic heterocycles. The third kappa shape index (κ3) is 6.07. The number of nitrogens with zero attached hydrogens (tertiary/aromatic N) is 4. The van der Waals surface area contributed by atoms with E-state index in [1.165, 1.54) is 7.05 Å². The molecule has 5 N–H and O–H groups in total. The van der Waals surface area contributed by atoms with Gasteiger partial charge in [-0.05, 0) is 45.0 Å². The summed E-state index contributed by atoms with van der Waals surface area (Å²) < 4.78 is 7.09. The second kappa shape index (κ2) is 12.9. The van der Waals surface area contributed by atoms with Gasteiger partial charge >= 0.3 is 0 Å². The highest BCUT2D eigenvalue weighted by Gasteiger charge is 2.20. The van der Waals surface area contributed by atoms with Crippen LogP contribution in [0.5, 0.6) is 5.75 Å². The first-order valence-electron chi connectivity index (χ1n) is 11.4. The predicted molar refractivity (Wildman–Crippen MR) is 132 cm³/mol. The van der Waals surface area contributed by atoms with E-state index in [4.69, 9.17) is 15.5 Å². The number of aldehydes is 1. The van der Waals surface area contributed by atoms with Crippen molar-refractivity contribution in [1.29, 1.82) is 0 Å². The van der Waals surface area contributed by atoms with E-state index in [0.29, 0.717) is 28.7 Å². The first kappa shape index (κ1) is 26.2. The zero-order valence-corrected chi connectivity index (χ0v) is 20.0. The summed E-state index contributed by atoms with van der Waals surface area (Å²) in [6.07, 6.45) is 4.16. The number of nitrogens with two attached hydrogens (primary N) is 2. The Labute approximate surface area is 195 Å². The van der Waals surface area contributed by atoms with Crippen LogP contribution >= 0.6 is 0 Å². The van der Waals surface area contributed by atoms with E-state index in [1.54, 1.807) is 29.0 Å². The topological polar surface area (TPSA) is 133 Å². The number of hydrogen-bond acceptors (Lipinski definition) is 8. The van der Waals surface area contributed by atoms with Crippen molar-refractivity contribution >= 4 is 23.3 Å². The zero-order valence-electron chi connectivity index (χ0n) is 20.0. The fourth-order valence-corrected chi connectivity index (χ4v) is 3.74. The standard InChI is InChI=1S/C21H25N5O3.C2H6.CH5N/c1-14-4-5-16(28)11-18(14)26-20(22)17(13-27)19-21(26)24-15(12-23-19)3-2-6-25-7-9-29-10-8-25;2*1-2/h4-5,11-13,28H,2-3,6-10,22H2,1H3;1-2H3;2H2,1H3. The molecule has 0 radical (unpaired) electrons. The summed E-state index contributed by atoms with van der Waals surface area (Å²) in [6, 6.07) is 5.03. The minimum atomic E-state index is 0.120. The van der Waals surface area contributed by atoms with Crippen LogP contribution < -0.4 is 11.5 Å². The molecule has 0 saturated carbocycles. The molecule has 1 saturated heterocycles. The van der Waals surface area contributed by atoms with Gasteiger partial charge in [-0.1, -0.05) is 19.9 Å². The van der Waals surface area contributed by atoms with E-state index < -0.39 is 0 Å². The lowest BCUT2D eigenvalue weighted by Gasteiger charge is -2.26. The van der Waals surface area contributed by atoms with Gasteiger partial charge in [0.05, 0.1) is 30.2 Å². The van der Waals surface area contributed by atoms with Gasteiger partial charge in [0.2, 0.25) is 0 Å². The molecular weight excluding hydrogens is 420 g/mol. The minimum absolute atomic E-state index is 0.120. The Morgan fingerprint density at radius 3 is 2.58 bits per heavy atom. The smallest absolute Gasteiger partial charge is 0.166 e. The summed E-state index contributed by atoms with van der Waals surface area (Å²) in [5.74, 6) is 0.392. The second-order valence-corrected chi connectivity index (χ2v) is 7.31. The Bertz CT molecular complexity index is 1040. The van der Waals surface area contributed by atoms with Crippen LogP contribution in [0.3, 0.4) is 0 Å². The van der Waals surface area contributed by atoms with Crippen LogP contribution in [0.2, 0.25) is 0 Å². The largest absolute Gasteiger partial charge is 0.508 e. The molecule has 3 heterocycles. The van der Waals surface area contributed by atoms with Gasteiger partial charge in [-0.25, -0.2) is 4.98 Å². The fraction of sp³-hybridized carbons (Fsp3) is 0.458. The summed E-state index contributed by atoms with van der Waals surface area (Å²) in [7, 11) is 1.50. The number of aryl methyl sites for hydroxylation is 2. The first-order valence-corrected chi connectivity index (χ1v) is 11.4. The van der Waals surface area contributed by atoms with E-state index in [9.17, 15) is 9.90 Å². The summed E-state index contributed by atoms with van der Waals surface area (Å²) in [5.41, 5.74) is 14.5. The summed E-state index contributed by atoms with van der Waals surface area (Å²) in [5, 5.41) is 9.95. The summed E-state index contributed by atoms with van der Waals surface area (Å²) in [4.78, 5) is 23.3. The SMILES string of the molecule is CC.CN.Cc1ccc(O)cc1-n1c(N)c(C=O)c2ncc(CCCN3CCOCC3)nc21. The maximum absolute atomic E-state index is 11.6. The number of morpholine rings is 1. The van der Waals surface area contributed by atoms with Crippen LogP contribution in [0.4, 0.5) is 5.82 Å². The van der Waals surface area contributed by atoms with Crippen LogP contribution in [0.25, 0.3) is 16.9 Å². The van der Waals surface area contributed by atoms with Gasteiger partial charge in [0.1, 0.15) is 17.1 Å². The molecule has 0 unspecified atom stereocenters. The number of fused-ring (bicyclic) bond motifs is 1. The number of nitrogen functional groups attached to an aromatic ring is 1. The summed E-state index contributed by atoms with van der Waals surface area (Å²) in [6.45, 7) is 10.4. The molecule has 0 aliphatic carbocycles. The van der Waals surface area contributed by atoms with Gasteiger partial charge < -0.3 is 21.3 Å². The lowest BCUT2D eigenvalue weighted by Crippen LogP contribution is -2.36. The molecule has 0 atom stereocenters. The van der Waals surface area contributed by atoms with Gasteiger partial charge in [0.15, 0.2) is 11.9 Å². The van der Waals surface area contributed by atoms with E-state index in [-0.39, 0.29) is 11.6 Å². The number of aromatic hydroxyl groups is 1. The van der Waals surface area contributed by atoms with E-state index >= 15 is 0 Å². The van der Waals surface area contributed by atoms with Crippen LogP contribution in [0, 0.1) is 6.92 Å². The average Bonchev–Trinajstić information content (AvgIpc) is 3.14. The Morgan fingerprint density at radius 1 is 1.21 bits per heavy atom. The number of hydrogen-bond donors (Lipinski definition) is 3. The Kier molecular flexibility index (Phi) is 10.2. The normalized spacial score (nSPS) is 13.6. The van der Waals surface area contributed by atoms with Crippen LogP contribution in [-0.2, 0) is 11.2 Å². The van der Waals surface area contributed by atoms with E-state index in [1.807, 2.05) is 20.8 Å². The quantitative estimate of drug-likeness (QED) is 0.482. The first-order chi connectivity index (χ1) is 16.1. The highest BCUT2D eigenvalue weighted by Crippen LogP contribution is 2.31. The molecule has 180 valence electrons. The Morgan fingerprint density at radius 2 is 1.91 bits per heavy atom. The van der Waals surface area contributed by atoms with E-state index in [0.717, 1.165) is 56.9 Å². The molecule has 3 aromatic rings. The van der Waals surface area contributed by atoms with Crippen molar-refractivity contribution in [1.82, 2.24) is 19.4 Å². The maximum atomic E-state index is 11.6. The third-order valence-electron chi connectivity index (χ3n) is 5.35. The van der Waals surface area contributed by atoms with Crippen molar-refractivity contribution in [2.75, 3.05) is 45.6 Å². The molecule has 1 aromatic carbocycles. The Balaban J connectivity index is 0.000000914. The molecule has 0 spiro atoms. The molecule has 1 fully saturated rings. The number of carbonyl (C=O) groups is 1. The number of aromatic nitrogens is 3. The molecule has 33 heavy (non-hydrogen) atoms. The number of anilines is 1. The van der Waals surface area contributed by atoms with Gasteiger partial charge in [0.25, 0.3) is 0 Å². The van der Waals surface area contributed by atoms with Crippen molar-refractivity contribution < 1.29 is 14.6 Å². The molecule has 0 amide bonds. The van der Waals surface area contributed by atoms with Crippen molar-refractivity contribution in [3.63, 3.8) is 0 Å². The lowest BCUT2D eigenvalue weighted by molar-refractivity contribution is 0.0374. The monoisotopic (exact) mass is 456 g/mol. The van der Waals surface area contributed by atoms with Crippen LogP contribution in [0.1, 0.15) is 41.9 Å². The van der Waals surface area contributed by atoms with Crippen molar-refractivity contribution in [2.24, 2.45) is 5.73 Å². The van der Waals surface area contributed by atoms with Crippen molar-refractivity contribution in [3.05, 3.63) is 41.2 Å². The van der Waals surface area contributed by atoms with Gasteiger partial charge in [-0.3, -0.25) is 19.2 Å². The maximum Gasteiger partial charge on any atom is 0.166 e. The highest BCUT2D eigenvalue weighted by molar-refractivity contribution is 6.01. The molecule has 4 rings (SSSR count). The molecular formula is C24H36N6O3. The van der Waals surface area contributed by atoms with E-state index in [2.05, 4.69) is 15.6 Å². The molecule has 9 heteroatoms. The summed E-state index contributed by atoms with van der Waals surface area (Å²) >= 11 is 0. The van der Waals surface area contributed by atoms with Gasteiger partial charge in [0, 0.05) is 25.4 Å². The highest BCUT2D eigenvalue weighted by atomic mass is 16.5. The molecule has 1 aliphatic rings.